The topological polar surface area (TPSA) is 46.2 Å². The van der Waals surface area contributed by atoms with Gasteiger partial charge in [-0.15, -0.1) is 0 Å². The average Bonchev–Trinajstić information content (AvgIpc) is 3.19. The summed E-state index contributed by atoms with van der Waals surface area (Å²) in [5.41, 5.74) is 0. The van der Waals surface area contributed by atoms with E-state index in [9.17, 15) is 18.4 Å². The lowest BCUT2D eigenvalue weighted by Crippen LogP contribution is -2.45. The molecule has 0 aliphatic heterocycles. The summed E-state index contributed by atoms with van der Waals surface area (Å²) in [7, 11) is 0. The smallest absolute Gasteiger partial charge is 0.248 e. The second-order valence-electron chi connectivity index (χ2n) is 6.23. The van der Waals surface area contributed by atoms with Crippen molar-refractivity contribution in [3.63, 3.8) is 0 Å². The van der Waals surface area contributed by atoms with Gasteiger partial charge in [-0.1, -0.05) is 33.1 Å². The van der Waals surface area contributed by atoms with E-state index < -0.39 is 5.92 Å². The van der Waals surface area contributed by atoms with Gasteiger partial charge in [0.15, 0.2) is 5.78 Å². The van der Waals surface area contributed by atoms with Crippen molar-refractivity contribution in [2.24, 2.45) is 11.8 Å². The molecule has 5 heteroatoms. The summed E-state index contributed by atoms with van der Waals surface area (Å²) in [6, 6.07) is -0.243. The molecule has 1 amide bonds. The Morgan fingerprint density at radius 2 is 1.86 bits per heavy atom. The van der Waals surface area contributed by atoms with Crippen LogP contribution in [0.5, 0.6) is 0 Å². The Balaban J connectivity index is 0.000000622. The van der Waals surface area contributed by atoms with E-state index in [-0.39, 0.29) is 32.0 Å². The number of hydrogen-bond donors (Lipinski definition) is 1. The molecule has 1 unspecified atom stereocenters. The van der Waals surface area contributed by atoms with Crippen molar-refractivity contribution in [1.29, 1.82) is 0 Å². The standard InChI is InChI=1S/C13H23NO2.C3H4F2.H2/c1-3-10(2)13(16)12(14-9-15)11-7-5-4-6-8-11;4-3(5)1-2-3;/h9-12H,3-8H2,1-2H3,(H,14,15);1-2H2;1H/t10?,12-;;/m1../s1. The fourth-order valence-electron chi connectivity index (χ4n) is 2.59. The highest BCUT2D eigenvalue weighted by Gasteiger charge is 2.43. The van der Waals surface area contributed by atoms with Gasteiger partial charge in [0.2, 0.25) is 12.3 Å². The first-order chi connectivity index (χ1) is 9.91. The van der Waals surface area contributed by atoms with Crippen LogP contribution in [-0.2, 0) is 9.59 Å². The second kappa shape index (κ2) is 8.44. The summed E-state index contributed by atoms with van der Waals surface area (Å²) < 4.78 is 22.3. The lowest BCUT2D eigenvalue weighted by molar-refractivity contribution is -0.128. The van der Waals surface area contributed by atoms with Gasteiger partial charge >= 0.3 is 0 Å². The Hall–Kier alpha value is -1.00. The molecule has 2 rings (SSSR count). The maximum atomic E-state index is 12.1. The van der Waals surface area contributed by atoms with Crippen LogP contribution in [0.15, 0.2) is 0 Å². The van der Waals surface area contributed by atoms with Crippen molar-refractivity contribution in [3.05, 3.63) is 0 Å². The van der Waals surface area contributed by atoms with Gasteiger partial charge in [-0.3, -0.25) is 9.59 Å². The molecule has 2 aliphatic carbocycles. The molecule has 124 valence electrons. The zero-order chi connectivity index (χ0) is 15.9. The zero-order valence-electron chi connectivity index (χ0n) is 13.0. The maximum absolute atomic E-state index is 12.1. The van der Waals surface area contributed by atoms with Crippen molar-refractivity contribution >= 4 is 12.2 Å². The summed E-state index contributed by atoms with van der Waals surface area (Å²) in [5, 5.41) is 2.74. The van der Waals surface area contributed by atoms with Crippen molar-refractivity contribution in [3.8, 4) is 0 Å². The summed E-state index contributed by atoms with van der Waals surface area (Å²) in [5.74, 6) is -1.62. The number of ketones is 1. The number of rotatable bonds is 6. The lowest BCUT2D eigenvalue weighted by Gasteiger charge is -2.30. The third-order valence-corrected chi connectivity index (χ3v) is 4.40. The molecule has 21 heavy (non-hydrogen) atoms. The zero-order valence-corrected chi connectivity index (χ0v) is 13.0. The van der Waals surface area contributed by atoms with E-state index in [0.717, 1.165) is 19.3 Å². The van der Waals surface area contributed by atoms with Crippen molar-refractivity contribution in [1.82, 2.24) is 5.32 Å². The number of alkyl halides is 2. The van der Waals surface area contributed by atoms with E-state index in [1.165, 1.54) is 19.3 Å². The van der Waals surface area contributed by atoms with E-state index in [1.54, 1.807) is 0 Å². The molecule has 0 bridgehead atoms. The van der Waals surface area contributed by atoms with Gasteiger partial charge in [0.05, 0.1) is 6.04 Å². The molecule has 0 saturated heterocycles. The van der Waals surface area contributed by atoms with Gasteiger partial charge in [-0.05, 0) is 25.2 Å². The summed E-state index contributed by atoms with van der Waals surface area (Å²) >= 11 is 0. The van der Waals surface area contributed by atoms with Gasteiger partial charge in [0.25, 0.3) is 0 Å². The number of halogens is 2. The minimum atomic E-state index is -2.25. The van der Waals surface area contributed by atoms with Crippen LogP contribution in [-0.4, -0.2) is 24.2 Å². The Kier molecular flexibility index (Phi) is 7.26. The molecule has 0 aromatic rings. The van der Waals surface area contributed by atoms with E-state index in [1.807, 2.05) is 13.8 Å². The Morgan fingerprint density at radius 3 is 2.24 bits per heavy atom. The lowest BCUT2D eigenvalue weighted by atomic mass is 9.79. The van der Waals surface area contributed by atoms with E-state index in [2.05, 4.69) is 5.32 Å². The van der Waals surface area contributed by atoms with Gasteiger partial charge < -0.3 is 5.32 Å². The van der Waals surface area contributed by atoms with Crippen LogP contribution >= 0.6 is 0 Å². The molecule has 0 spiro atoms. The Labute approximate surface area is 127 Å². The maximum Gasteiger partial charge on any atom is 0.248 e. The van der Waals surface area contributed by atoms with Crippen LogP contribution in [0.3, 0.4) is 0 Å². The highest BCUT2D eigenvalue weighted by Crippen LogP contribution is 2.40. The molecule has 2 fully saturated rings. The summed E-state index contributed by atoms with van der Waals surface area (Å²) in [6.45, 7) is 3.96. The number of carbonyl (C=O) groups excluding carboxylic acids is 2. The largest absolute Gasteiger partial charge is 0.349 e. The van der Waals surface area contributed by atoms with Crippen molar-refractivity contribution in [2.45, 2.75) is 77.2 Å². The number of nitrogens with one attached hydrogen (secondary N) is 1. The molecule has 3 nitrogen and oxygen atoms in total. The first-order valence-electron chi connectivity index (χ1n) is 8.02. The first-order valence-corrected chi connectivity index (χ1v) is 8.02. The monoisotopic (exact) mass is 305 g/mol. The molecule has 1 N–H and O–H groups in total. The SMILES string of the molecule is CCC(C)C(=O)[C@H](NC=O)C1CCCCC1.FC1(F)CC1.[HH]. The van der Waals surface area contributed by atoms with Gasteiger partial charge in [0, 0.05) is 20.2 Å². The third-order valence-electron chi connectivity index (χ3n) is 4.40. The van der Waals surface area contributed by atoms with Gasteiger partial charge in [-0.25, -0.2) is 8.78 Å². The second-order valence-corrected chi connectivity index (χ2v) is 6.23. The molecular weight excluding hydrogens is 276 g/mol. The minimum Gasteiger partial charge on any atom is -0.349 e. The Bertz CT molecular complexity index is 341. The summed E-state index contributed by atoms with van der Waals surface area (Å²) in [6.07, 6.45) is 7.57. The van der Waals surface area contributed by atoms with Crippen LogP contribution in [0.1, 0.15) is 66.6 Å². The predicted molar refractivity (Wildman–Crippen MR) is 80.3 cm³/mol. The molecular formula is C16H29F2NO2. The van der Waals surface area contributed by atoms with E-state index >= 15 is 0 Å². The van der Waals surface area contributed by atoms with Crippen LogP contribution in [0, 0.1) is 11.8 Å². The average molecular weight is 305 g/mol. The number of Topliss-reactive ketones (excluding diaryl/α,β-unsaturated/α-hetero) is 1. The van der Waals surface area contributed by atoms with Crippen LogP contribution in [0.4, 0.5) is 8.78 Å². The summed E-state index contributed by atoms with van der Waals surface area (Å²) in [4.78, 5) is 22.8. The highest BCUT2D eigenvalue weighted by molar-refractivity contribution is 5.87. The molecule has 2 aliphatic rings. The van der Waals surface area contributed by atoms with Gasteiger partial charge in [-0.2, -0.15) is 0 Å². The van der Waals surface area contributed by atoms with Crippen molar-refractivity contribution < 1.29 is 19.8 Å². The Morgan fingerprint density at radius 1 is 1.33 bits per heavy atom. The third kappa shape index (κ3) is 6.53. The van der Waals surface area contributed by atoms with Crippen molar-refractivity contribution in [2.75, 3.05) is 0 Å². The van der Waals surface area contributed by atoms with Gasteiger partial charge in [0.1, 0.15) is 0 Å². The number of amides is 1. The number of carbonyl (C=O) groups is 2. The fraction of sp³-hybridized carbons (Fsp3) is 0.875. The molecule has 2 saturated carbocycles. The van der Waals surface area contributed by atoms with Crippen LogP contribution in [0.2, 0.25) is 0 Å². The molecule has 0 radical (unpaired) electrons. The van der Waals surface area contributed by atoms with E-state index in [0.29, 0.717) is 12.3 Å². The van der Waals surface area contributed by atoms with E-state index in [4.69, 9.17) is 0 Å². The normalized spacial score (nSPS) is 23.2. The quantitative estimate of drug-likeness (QED) is 0.755. The fourth-order valence-corrected chi connectivity index (χ4v) is 2.59. The molecule has 0 aromatic carbocycles. The predicted octanol–water partition coefficient (Wildman–Crippen LogP) is 3.96. The molecule has 0 aromatic heterocycles. The van der Waals surface area contributed by atoms with Crippen LogP contribution < -0.4 is 5.32 Å². The minimum absolute atomic E-state index is 0. The first kappa shape index (κ1) is 18.1. The van der Waals surface area contributed by atoms with Crippen LogP contribution in [0.25, 0.3) is 0 Å². The number of hydrogen-bond acceptors (Lipinski definition) is 2. The molecule has 2 atom stereocenters. The highest BCUT2D eigenvalue weighted by atomic mass is 19.3. The molecule has 0 heterocycles.